The molecule has 0 aliphatic heterocycles. The Morgan fingerprint density at radius 3 is 2.39 bits per heavy atom. The van der Waals surface area contributed by atoms with Crippen LogP contribution >= 0.6 is 0 Å². The van der Waals surface area contributed by atoms with E-state index in [1.165, 1.54) is 7.11 Å². The van der Waals surface area contributed by atoms with Gasteiger partial charge in [0.15, 0.2) is 0 Å². The van der Waals surface area contributed by atoms with E-state index in [-0.39, 0.29) is 23.0 Å². The fourth-order valence-electron chi connectivity index (χ4n) is 3.90. The fourth-order valence-corrected chi connectivity index (χ4v) is 3.90. The molecule has 0 heterocycles. The highest BCUT2D eigenvalue weighted by atomic mass is 16.5. The summed E-state index contributed by atoms with van der Waals surface area (Å²) in [6.45, 7) is 7.91. The summed E-state index contributed by atoms with van der Waals surface area (Å²) in [6, 6.07) is 6.91. The van der Waals surface area contributed by atoms with E-state index in [2.05, 4.69) is 11.4 Å². The second kappa shape index (κ2) is 5.65. The molecule has 1 aliphatic rings. The summed E-state index contributed by atoms with van der Waals surface area (Å²) in [7, 11) is 1.50. The summed E-state index contributed by atoms with van der Waals surface area (Å²) in [5, 5.41) is 20.6. The zero-order valence-corrected chi connectivity index (χ0v) is 14.0. The molecule has 0 aromatic heterocycles. The van der Waals surface area contributed by atoms with Gasteiger partial charge in [0, 0.05) is 22.9 Å². The Labute approximate surface area is 136 Å². The van der Waals surface area contributed by atoms with Crippen LogP contribution in [0.25, 0.3) is 0 Å². The maximum absolute atomic E-state index is 11.0. The molecule has 1 aromatic rings. The summed E-state index contributed by atoms with van der Waals surface area (Å²) in [5.41, 5.74) is -0.274. The molecule has 1 aliphatic carbocycles. The number of nitriles is 1. The molecule has 0 saturated heterocycles. The van der Waals surface area contributed by atoms with Crippen LogP contribution in [0.5, 0.6) is 11.5 Å². The van der Waals surface area contributed by atoms with Crippen molar-refractivity contribution < 1.29 is 19.4 Å². The Hall–Kier alpha value is -2.42. The van der Waals surface area contributed by atoms with Crippen molar-refractivity contribution in [3.05, 3.63) is 23.8 Å². The topological polar surface area (TPSA) is 91.6 Å². The number of methoxy groups -OCH3 is 1. The molecule has 1 fully saturated rings. The van der Waals surface area contributed by atoms with Crippen LogP contribution in [0.1, 0.15) is 33.3 Å². The van der Waals surface area contributed by atoms with Gasteiger partial charge in [-0.15, -0.1) is 0 Å². The fraction of sp³-hybridized carbons (Fsp3) is 0.529. The summed E-state index contributed by atoms with van der Waals surface area (Å²) < 4.78 is 11.3. The summed E-state index contributed by atoms with van der Waals surface area (Å²) in [4.78, 5) is 11.0. The number of amides is 1. The third-order valence-electron chi connectivity index (χ3n) is 4.65. The third-order valence-corrected chi connectivity index (χ3v) is 4.65. The molecule has 6 heteroatoms. The number of hydrogen-bond acceptors (Lipinski definition) is 4. The van der Waals surface area contributed by atoms with E-state index in [9.17, 15) is 4.79 Å². The Morgan fingerprint density at radius 2 is 1.91 bits per heavy atom. The number of carboxylic acid groups (broad SMARTS) is 1. The second-order valence-electron chi connectivity index (χ2n) is 7.00. The van der Waals surface area contributed by atoms with E-state index < -0.39 is 6.09 Å². The molecule has 23 heavy (non-hydrogen) atoms. The van der Waals surface area contributed by atoms with Crippen LogP contribution in [-0.4, -0.2) is 30.5 Å². The molecule has 1 saturated carbocycles. The van der Waals surface area contributed by atoms with Crippen LogP contribution in [-0.2, 0) is 0 Å². The minimum absolute atomic E-state index is 0.176. The lowest BCUT2D eigenvalue weighted by atomic mass is 9.49. The molecule has 2 rings (SSSR count). The highest BCUT2D eigenvalue weighted by Gasteiger charge is 2.64. The van der Waals surface area contributed by atoms with E-state index in [1.807, 2.05) is 27.7 Å². The number of ether oxygens (including phenoxy) is 2. The highest BCUT2D eigenvalue weighted by molar-refractivity contribution is 5.65. The molecule has 2 N–H and O–H groups in total. The number of benzene rings is 1. The number of carbonyl (C=O) groups is 1. The van der Waals surface area contributed by atoms with Gasteiger partial charge in [-0.3, -0.25) is 0 Å². The predicted octanol–water partition coefficient (Wildman–Crippen LogP) is 3.02. The average molecular weight is 318 g/mol. The van der Waals surface area contributed by atoms with Crippen molar-refractivity contribution in [1.29, 1.82) is 5.26 Å². The van der Waals surface area contributed by atoms with Crippen LogP contribution in [0.3, 0.4) is 0 Å². The Morgan fingerprint density at radius 1 is 1.30 bits per heavy atom. The number of hydrogen-bond donors (Lipinski definition) is 2. The lowest BCUT2D eigenvalue weighted by molar-refractivity contribution is -0.165. The first-order chi connectivity index (χ1) is 10.6. The molecular weight excluding hydrogens is 296 g/mol. The van der Waals surface area contributed by atoms with Gasteiger partial charge in [0.1, 0.15) is 23.7 Å². The number of nitrogens with zero attached hydrogens (tertiary/aromatic N) is 1. The van der Waals surface area contributed by atoms with Crippen molar-refractivity contribution in [3.63, 3.8) is 0 Å². The first-order valence-electron chi connectivity index (χ1n) is 7.38. The van der Waals surface area contributed by atoms with Gasteiger partial charge in [-0.1, -0.05) is 27.7 Å². The van der Waals surface area contributed by atoms with Gasteiger partial charge < -0.3 is 19.9 Å². The predicted molar refractivity (Wildman–Crippen MR) is 84.6 cm³/mol. The van der Waals surface area contributed by atoms with Crippen molar-refractivity contribution >= 4 is 6.09 Å². The largest absolute Gasteiger partial charge is 0.495 e. The van der Waals surface area contributed by atoms with Gasteiger partial charge in [0.2, 0.25) is 0 Å². The Bertz CT molecular complexity index is 645. The minimum Gasteiger partial charge on any atom is -0.495 e. The molecule has 0 spiro atoms. The molecule has 1 amide bonds. The molecule has 6 nitrogen and oxygen atoms in total. The number of rotatable bonds is 4. The minimum atomic E-state index is -1.03. The Kier molecular flexibility index (Phi) is 4.16. The normalized spacial score (nSPS) is 24.0. The van der Waals surface area contributed by atoms with Gasteiger partial charge in [-0.25, -0.2) is 4.79 Å². The lowest BCUT2D eigenvalue weighted by Crippen LogP contribution is -2.74. The zero-order chi connectivity index (χ0) is 17.4. The zero-order valence-electron chi connectivity index (χ0n) is 14.0. The smallest absolute Gasteiger partial charge is 0.404 e. The lowest BCUT2D eigenvalue weighted by Gasteiger charge is -2.62. The molecular formula is C17H22N2O4. The van der Waals surface area contributed by atoms with Gasteiger partial charge in [-0.2, -0.15) is 5.26 Å². The van der Waals surface area contributed by atoms with Gasteiger partial charge >= 0.3 is 6.09 Å². The monoisotopic (exact) mass is 318 g/mol. The van der Waals surface area contributed by atoms with Crippen LogP contribution in [0.15, 0.2) is 18.2 Å². The average Bonchev–Trinajstić information content (AvgIpc) is 2.49. The molecule has 1 aromatic carbocycles. The second-order valence-corrected chi connectivity index (χ2v) is 7.00. The summed E-state index contributed by atoms with van der Waals surface area (Å²) >= 11 is 0. The van der Waals surface area contributed by atoms with Crippen LogP contribution < -0.4 is 14.8 Å². The SMILES string of the molecule is COc1cc(OC2C(C)(C)C(NC(=O)O)C2(C)C)ccc1C#N. The van der Waals surface area contributed by atoms with E-state index in [0.717, 1.165) is 0 Å². The first-order valence-corrected chi connectivity index (χ1v) is 7.38. The van der Waals surface area contributed by atoms with Crippen molar-refractivity contribution in [2.24, 2.45) is 10.8 Å². The van der Waals surface area contributed by atoms with E-state index in [0.29, 0.717) is 17.1 Å². The Balaban J connectivity index is 2.24. The standard InChI is InChI=1S/C17H22N2O4/c1-16(2)13(19-15(20)21)17(3,4)14(16)23-11-7-6-10(9-18)12(8-11)22-5/h6-8,13-14,19H,1-5H3,(H,20,21). The van der Waals surface area contributed by atoms with Crippen molar-refractivity contribution in [1.82, 2.24) is 5.32 Å². The van der Waals surface area contributed by atoms with Crippen LogP contribution in [0.4, 0.5) is 4.79 Å². The molecule has 0 bridgehead atoms. The summed E-state index contributed by atoms with van der Waals surface area (Å²) in [5.74, 6) is 1.06. The van der Waals surface area contributed by atoms with Crippen molar-refractivity contribution in [3.8, 4) is 17.6 Å². The number of nitrogens with one attached hydrogen (secondary N) is 1. The van der Waals surface area contributed by atoms with Gasteiger partial charge in [0.05, 0.1) is 12.7 Å². The maximum atomic E-state index is 11.0. The van der Waals surface area contributed by atoms with Gasteiger partial charge in [0.25, 0.3) is 0 Å². The molecule has 0 radical (unpaired) electrons. The van der Waals surface area contributed by atoms with Crippen LogP contribution in [0.2, 0.25) is 0 Å². The van der Waals surface area contributed by atoms with Crippen LogP contribution in [0, 0.1) is 22.2 Å². The molecule has 0 unspecified atom stereocenters. The van der Waals surface area contributed by atoms with E-state index >= 15 is 0 Å². The van der Waals surface area contributed by atoms with Gasteiger partial charge in [-0.05, 0) is 12.1 Å². The third kappa shape index (κ3) is 2.79. The molecule has 124 valence electrons. The quantitative estimate of drug-likeness (QED) is 0.890. The first kappa shape index (κ1) is 16.9. The highest BCUT2D eigenvalue weighted by Crippen LogP contribution is 2.55. The van der Waals surface area contributed by atoms with E-state index in [4.69, 9.17) is 19.8 Å². The molecule has 0 atom stereocenters. The van der Waals surface area contributed by atoms with E-state index in [1.54, 1.807) is 18.2 Å². The summed E-state index contributed by atoms with van der Waals surface area (Å²) in [6.07, 6.45) is -1.21. The maximum Gasteiger partial charge on any atom is 0.404 e. The van der Waals surface area contributed by atoms with Crippen molar-refractivity contribution in [2.45, 2.75) is 39.8 Å². The van der Waals surface area contributed by atoms with Crippen molar-refractivity contribution in [2.75, 3.05) is 7.11 Å².